The molecule has 0 saturated heterocycles. The van der Waals surface area contributed by atoms with Gasteiger partial charge in [0.05, 0.1) is 24.2 Å². The summed E-state index contributed by atoms with van der Waals surface area (Å²) in [6, 6.07) is 10.0. The van der Waals surface area contributed by atoms with Gasteiger partial charge < -0.3 is 15.0 Å². The lowest BCUT2D eigenvalue weighted by atomic mass is 10.1. The summed E-state index contributed by atoms with van der Waals surface area (Å²) in [5.41, 5.74) is 5.57. The largest absolute Gasteiger partial charge is 0.462 e. The quantitative estimate of drug-likeness (QED) is 0.219. The SMILES string of the molecule is CCOC(=O)c1cc(Nc2cc(C)c(N=CN(C)CC)cc2C)ccc1SC(C)C. The molecule has 0 bridgehead atoms. The first-order valence-electron chi connectivity index (χ1n) is 10.4. The lowest BCUT2D eigenvalue weighted by molar-refractivity contribution is 0.0522. The van der Waals surface area contributed by atoms with Gasteiger partial charge in [-0.15, -0.1) is 11.8 Å². The topological polar surface area (TPSA) is 53.9 Å². The van der Waals surface area contributed by atoms with Crippen LogP contribution in [0.1, 0.15) is 49.2 Å². The molecule has 2 rings (SSSR count). The van der Waals surface area contributed by atoms with Crippen molar-refractivity contribution in [1.82, 2.24) is 4.90 Å². The smallest absolute Gasteiger partial charge is 0.339 e. The molecule has 0 fully saturated rings. The van der Waals surface area contributed by atoms with Crippen molar-refractivity contribution in [2.75, 3.05) is 25.5 Å². The molecule has 0 aromatic heterocycles. The van der Waals surface area contributed by atoms with Gasteiger partial charge in [-0.05, 0) is 69.2 Å². The molecule has 30 heavy (non-hydrogen) atoms. The number of carbonyl (C=O) groups excluding carboxylic acids is 1. The fraction of sp³-hybridized carbons (Fsp3) is 0.417. The normalized spacial score (nSPS) is 11.2. The van der Waals surface area contributed by atoms with E-state index in [2.05, 4.69) is 57.1 Å². The van der Waals surface area contributed by atoms with Crippen molar-refractivity contribution in [3.05, 3.63) is 47.0 Å². The molecule has 5 nitrogen and oxygen atoms in total. The molecule has 0 amide bonds. The molecule has 0 radical (unpaired) electrons. The number of anilines is 2. The van der Waals surface area contributed by atoms with Crippen molar-refractivity contribution >= 4 is 41.1 Å². The Labute approximate surface area is 184 Å². The first-order chi connectivity index (χ1) is 14.2. The number of hydrogen-bond donors (Lipinski definition) is 1. The van der Waals surface area contributed by atoms with Gasteiger partial charge in [-0.3, -0.25) is 0 Å². The second-order valence-corrected chi connectivity index (χ2v) is 9.11. The average Bonchev–Trinajstić information content (AvgIpc) is 2.70. The Morgan fingerprint density at radius 1 is 1.20 bits per heavy atom. The molecule has 162 valence electrons. The summed E-state index contributed by atoms with van der Waals surface area (Å²) in [4.78, 5) is 20.1. The highest BCUT2D eigenvalue weighted by atomic mass is 32.2. The second kappa shape index (κ2) is 11.1. The minimum absolute atomic E-state index is 0.290. The number of hydrogen-bond acceptors (Lipinski definition) is 5. The third-order valence-corrected chi connectivity index (χ3v) is 5.63. The number of nitrogens with zero attached hydrogens (tertiary/aromatic N) is 2. The predicted octanol–water partition coefficient (Wildman–Crippen LogP) is 6.34. The maximum Gasteiger partial charge on any atom is 0.339 e. The van der Waals surface area contributed by atoms with Gasteiger partial charge in [0.25, 0.3) is 0 Å². The maximum absolute atomic E-state index is 12.5. The number of thioether (sulfide) groups is 1. The van der Waals surface area contributed by atoms with E-state index in [1.54, 1.807) is 11.8 Å². The molecule has 0 atom stereocenters. The number of ether oxygens (including phenoxy) is 1. The number of aryl methyl sites for hydroxylation is 2. The molecule has 1 N–H and O–H groups in total. The molecule has 2 aromatic carbocycles. The summed E-state index contributed by atoms with van der Waals surface area (Å²) in [5.74, 6) is -0.290. The Morgan fingerprint density at radius 3 is 2.57 bits per heavy atom. The number of aliphatic imine (C=N–C) groups is 1. The van der Waals surface area contributed by atoms with Crippen LogP contribution in [0.2, 0.25) is 0 Å². The van der Waals surface area contributed by atoms with Gasteiger partial charge in [0.15, 0.2) is 0 Å². The molecular formula is C24H33N3O2S. The maximum atomic E-state index is 12.5. The highest BCUT2D eigenvalue weighted by molar-refractivity contribution is 8.00. The van der Waals surface area contributed by atoms with E-state index in [1.807, 2.05) is 43.4 Å². The Kier molecular flexibility index (Phi) is 8.78. The monoisotopic (exact) mass is 427 g/mol. The summed E-state index contributed by atoms with van der Waals surface area (Å²) in [6.45, 7) is 13.5. The van der Waals surface area contributed by atoms with E-state index in [0.717, 1.165) is 39.6 Å². The minimum atomic E-state index is -0.290. The number of nitrogens with one attached hydrogen (secondary N) is 1. The molecule has 0 spiro atoms. The average molecular weight is 428 g/mol. The van der Waals surface area contributed by atoms with Crippen molar-refractivity contribution < 1.29 is 9.53 Å². The molecule has 0 saturated carbocycles. The van der Waals surface area contributed by atoms with E-state index in [9.17, 15) is 4.79 Å². The van der Waals surface area contributed by atoms with Crippen LogP contribution >= 0.6 is 11.8 Å². The van der Waals surface area contributed by atoms with Crippen molar-refractivity contribution in [1.29, 1.82) is 0 Å². The summed E-state index contributed by atoms with van der Waals surface area (Å²) < 4.78 is 5.27. The standard InChI is InChI=1S/C24H33N3O2S/c1-8-27(7)15-25-21-12-18(6)22(13-17(21)5)26-19-10-11-23(30-16(3)4)20(14-19)24(28)29-9-2/h10-16,26H,8-9H2,1-7H3. The Balaban J connectivity index is 2.33. The molecule has 0 aliphatic heterocycles. The first kappa shape index (κ1) is 23.8. The third-order valence-electron chi connectivity index (χ3n) is 4.55. The lowest BCUT2D eigenvalue weighted by Crippen LogP contribution is -2.14. The van der Waals surface area contributed by atoms with Crippen LogP contribution < -0.4 is 5.32 Å². The lowest BCUT2D eigenvalue weighted by Gasteiger charge is -2.16. The van der Waals surface area contributed by atoms with Crippen LogP contribution in [0.5, 0.6) is 0 Å². The van der Waals surface area contributed by atoms with Crippen LogP contribution in [-0.4, -0.2) is 42.7 Å². The van der Waals surface area contributed by atoms with Crippen LogP contribution in [-0.2, 0) is 4.74 Å². The van der Waals surface area contributed by atoms with E-state index in [4.69, 9.17) is 4.74 Å². The van der Waals surface area contributed by atoms with E-state index in [0.29, 0.717) is 17.4 Å². The summed E-state index contributed by atoms with van der Waals surface area (Å²) in [5, 5.41) is 3.83. The van der Waals surface area contributed by atoms with Crippen LogP contribution in [0.3, 0.4) is 0 Å². The van der Waals surface area contributed by atoms with Crippen molar-refractivity contribution in [3.8, 4) is 0 Å². The van der Waals surface area contributed by atoms with E-state index < -0.39 is 0 Å². The zero-order chi connectivity index (χ0) is 22.3. The zero-order valence-corrected chi connectivity index (χ0v) is 19.9. The molecule has 0 aliphatic carbocycles. The van der Waals surface area contributed by atoms with E-state index in [-0.39, 0.29) is 5.97 Å². The highest BCUT2D eigenvalue weighted by Gasteiger charge is 2.16. The first-order valence-corrected chi connectivity index (χ1v) is 11.2. The Hall–Kier alpha value is -2.47. The van der Waals surface area contributed by atoms with Crippen LogP contribution in [0.25, 0.3) is 0 Å². The van der Waals surface area contributed by atoms with E-state index in [1.165, 1.54) is 0 Å². The molecule has 6 heteroatoms. The third kappa shape index (κ3) is 6.52. The van der Waals surface area contributed by atoms with Gasteiger partial charge in [0, 0.05) is 35.1 Å². The van der Waals surface area contributed by atoms with Gasteiger partial charge >= 0.3 is 5.97 Å². The molecule has 0 heterocycles. The van der Waals surface area contributed by atoms with Crippen LogP contribution in [0.15, 0.2) is 40.2 Å². The second-order valence-electron chi connectivity index (χ2n) is 7.49. The number of esters is 1. The number of benzene rings is 2. The van der Waals surface area contributed by atoms with Crippen molar-refractivity contribution in [3.63, 3.8) is 0 Å². The van der Waals surface area contributed by atoms with Crippen molar-refractivity contribution in [2.24, 2.45) is 4.99 Å². The van der Waals surface area contributed by atoms with Crippen LogP contribution in [0.4, 0.5) is 17.1 Å². The summed E-state index contributed by atoms with van der Waals surface area (Å²) >= 11 is 1.66. The molecule has 2 aromatic rings. The highest BCUT2D eigenvalue weighted by Crippen LogP contribution is 2.32. The van der Waals surface area contributed by atoms with Gasteiger partial charge in [-0.2, -0.15) is 0 Å². The number of rotatable bonds is 9. The summed E-state index contributed by atoms with van der Waals surface area (Å²) in [7, 11) is 2.00. The van der Waals surface area contributed by atoms with Crippen LogP contribution in [0, 0.1) is 13.8 Å². The fourth-order valence-electron chi connectivity index (χ4n) is 2.81. The van der Waals surface area contributed by atoms with Crippen molar-refractivity contribution in [2.45, 2.75) is 51.7 Å². The van der Waals surface area contributed by atoms with Gasteiger partial charge in [0.2, 0.25) is 0 Å². The Bertz CT molecular complexity index is 910. The van der Waals surface area contributed by atoms with Gasteiger partial charge in [-0.25, -0.2) is 9.79 Å². The van der Waals surface area contributed by atoms with Gasteiger partial charge in [-0.1, -0.05) is 13.8 Å². The summed E-state index contributed by atoms with van der Waals surface area (Å²) in [6.07, 6.45) is 1.85. The molecule has 0 aliphatic rings. The Morgan fingerprint density at radius 2 is 1.93 bits per heavy atom. The molecule has 0 unspecified atom stereocenters. The fourth-order valence-corrected chi connectivity index (χ4v) is 3.73. The number of carbonyl (C=O) groups is 1. The van der Waals surface area contributed by atoms with E-state index >= 15 is 0 Å². The van der Waals surface area contributed by atoms with Gasteiger partial charge in [0.1, 0.15) is 0 Å². The minimum Gasteiger partial charge on any atom is -0.462 e. The molecular weight excluding hydrogens is 394 g/mol. The zero-order valence-electron chi connectivity index (χ0n) is 19.1. The predicted molar refractivity (Wildman–Crippen MR) is 129 cm³/mol.